The highest BCUT2D eigenvalue weighted by molar-refractivity contribution is 6.31. The minimum atomic E-state index is -0.992. The molecule has 2 rings (SSSR count). The van der Waals surface area contributed by atoms with Crippen molar-refractivity contribution in [3.63, 3.8) is 0 Å². The molecule has 2 amide bonds. The number of nitrogens with zero attached hydrogens (tertiary/aromatic N) is 1. The van der Waals surface area contributed by atoms with Gasteiger partial charge in [0.1, 0.15) is 11.7 Å². The monoisotopic (exact) mass is 393 g/mol. The van der Waals surface area contributed by atoms with E-state index in [2.05, 4.69) is 10.6 Å². The molecule has 0 bridgehead atoms. The number of carboxylic acids is 1. The number of hydrogen-bond donors (Lipinski definition) is 3. The van der Waals surface area contributed by atoms with Gasteiger partial charge in [0.05, 0.1) is 6.42 Å². The SMILES string of the molecule is CC[C@H](C)[C@H](NC(=O)c1cc2cc(Cl)ccc2n1C)C(=O)NCCC(=O)O. The highest BCUT2D eigenvalue weighted by Crippen LogP contribution is 2.23. The molecule has 0 unspecified atom stereocenters. The first-order valence-electron chi connectivity index (χ1n) is 8.80. The Morgan fingerprint density at radius 2 is 1.96 bits per heavy atom. The van der Waals surface area contributed by atoms with Crippen molar-refractivity contribution in [1.82, 2.24) is 15.2 Å². The van der Waals surface area contributed by atoms with Crippen molar-refractivity contribution in [2.75, 3.05) is 6.54 Å². The van der Waals surface area contributed by atoms with Crippen LogP contribution in [-0.4, -0.2) is 40.0 Å². The molecular formula is C19H24ClN3O4. The number of aryl methyl sites for hydroxylation is 1. The fraction of sp³-hybridized carbons (Fsp3) is 0.421. The minimum absolute atomic E-state index is 0.0174. The van der Waals surface area contributed by atoms with Gasteiger partial charge in [0.2, 0.25) is 5.91 Å². The third-order valence-electron chi connectivity index (χ3n) is 4.66. The predicted molar refractivity (Wildman–Crippen MR) is 104 cm³/mol. The molecule has 0 aliphatic carbocycles. The Bertz CT molecular complexity index is 862. The third kappa shape index (κ3) is 5.01. The maximum atomic E-state index is 12.8. The summed E-state index contributed by atoms with van der Waals surface area (Å²) in [7, 11) is 1.77. The van der Waals surface area contributed by atoms with Crippen LogP contribution in [0, 0.1) is 5.92 Å². The summed E-state index contributed by atoms with van der Waals surface area (Å²) in [5, 5.41) is 15.5. The summed E-state index contributed by atoms with van der Waals surface area (Å²) in [5.41, 5.74) is 1.27. The van der Waals surface area contributed by atoms with E-state index >= 15 is 0 Å². The number of rotatable bonds is 8. The van der Waals surface area contributed by atoms with Crippen LogP contribution in [-0.2, 0) is 16.6 Å². The zero-order valence-corrected chi connectivity index (χ0v) is 16.3. The van der Waals surface area contributed by atoms with Crippen LogP contribution < -0.4 is 10.6 Å². The van der Waals surface area contributed by atoms with Gasteiger partial charge < -0.3 is 20.3 Å². The lowest BCUT2D eigenvalue weighted by molar-refractivity contribution is -0.137. The molecule has 146 valence electrons. The Kier molecular flexibility index (Phi) is 6.85. The topological polar surface area (TPSA) is 100 Å². The zero-order valence-electron chi connectivity index (χ0n) is 15.6. The number of halogens is 1. The third-order valence-corrected chi connectivity index (χ3v) is 4.89. The number of aromatic nitrogens is 1. The fourth-order valence-corrected chi connectivity index (χ4v) is 3.04. The van der Waals surface area contributed by atoms with Crippen LogP contribution in [0.1, 0.15) is 37.2 Å². The molecule has 7 nitrogen and oxygen atoms in total. The zero-order chi connectivity index (χ0) is 20.1. The first-order chi connectivity index (χ1) is 12.7. The van der Waals surface area contributed by atoms with Crippen LogP contribution in [0.4, 0.5) is 0 Å². The highest BCUT2D eigenvalue weighted by atomic mass is 35.5. The van der Waals surface area contributed by atoms with E-state index < -0.39 is 12.0 Å². The van der Waals surface area contributed by atoms with E-state index in [0.717, 1.165) is 10.9 Å². The number of hydrogen-bond acceptors (Lipinski definition) is 3. The average molecular weight is 394 g/mol. The quantitative estimate of drug-likeness (QED) is 0.641. The van der Waals surface area contributed by atoms with Crippen LogP contribution in [0.3, 0.4) is 0 Å². The molecular weight excluding hydrogens is 370 g/mol. The molecule has 0 aliphatic rings. The molecule has 0 fully saturated rings. The number of aliphatic carboxylic acids is 1. The van der Waals surface area contributed by atoms with Gasteiger partial charge in [0.15, 0.2) is 0 Å². The molecule has 1 aromatic carbocycles. The Labute approximate surface area is 162 Å². The van der Waals surface area contributed by atoms with Gasteiger partial charge in [-0.25, -0.2) is 0 Å². The van der Waals surface area contributed by atoms with Crippen LogP contribution >= 0.6 is 11.6 Å². The van der Waals surface area contributed by atoms with Gasteiger partial charge in [-0.2, -0.15) is 0 Å². The van der Waals surface area contributed by atoms with E-state index in [0.29, 0.717) is 17.1 Å². The predicted octanol–water partition coefficient (Wildman–Crippen LogP) is 2.57. The summed E-state index contributed by atoms with van der Waals surface area (Å²) in [4.78, 5) is 35.9. The van der Waals surface area contributed by atoms with E-state index in [-0.39, 0.29) is 30.7 Å². The number of carbonyl (C=O) groups excluding carboxylic acids is 2. The number of amides is 2. The summed E-state index contributed by atoms with van der Waals surface area (Å²) < 4.78 is 1.75. The van der Waals surface area contributed by atoms with Crippen molar-refractivity contribution >= 4 is 40.3 Å². The first kappa shape index (κ1) is 20.8. The van der Waals surface area contributed by atoms with Gasteiger partial charge in [-0.3, -0.25) is 14.4 Å². The smallest absolute Gasteiger partial charge is 0.305 e. The molecule has 3 N–H and O–H groups in total. The number of fused-ring (bicyclic) bond motifs is 1. The fourth-order valence-electron chi connectivity index (χ4n) is 2.86. The van der Waals surface area contributed by atoms with Crippen LogP contribution in [0.2, 0.25) is 5.02 Å². The van der Waals surface area contributed by atoms with E-state index in [9.17, 15) is 14.4 Å². The molecule has 27 heavy (non-hydrogen) atoms. The van der Waals surface area contributed by atoms with E-state index in [1.54, 1.807) is 29.8 Å². The summed E-state index contributed by atoms with van der Waals surface area (Å²) in [5.74, 6) is -1.86. The van der Waals surface area contributed by atoms with Crippen LogP contribution in [0.5, 0.6) is 0 Å². The number of carbonyl (C=O) groups is 3. The molecule has 1 heterocycles. The van der Waals surface area contributed by atoms with Gasteiger partial charge in [-0.05, 0) is 30.2 Å². The maximum Gasteiger partial charge on any atom is 0.305 e. The first-order valence-corrected chi connectivity index (χ1v) is 9.17. The summed E-state index contributed by atoms with van der Waals surface area (Å²) >= 11 is 6.01. The minimum Gasteiger partial charge on any atom is -0.481 e. The van der Waals surface area contributed by atoms with Crippen molar-refractivity contribution in [2.45, 2.75) is 32.7 Å². The normalized spacial score (nSPS) is 13.2. The average Bonchev–Trinajstić information content (AvgIpc) is 2.94. The van der Waals surface area contributed by atoms with E-state index in [4.69, 9.17) is 16.7 Å². The number of carboxylic acid groups (broad SMARTS) is 1. The molecule has 0 saturated carbocycles. The Morgan fingerprint density at radius 3 is 2.59 bits per heavy atom. The molecule has 8 heteroatoms. The van der Waals surface area contributed by atoms with Crippen LogP contribution in [0.25, 0.3) is 10.9 Å². The van der Waals surface area contributed by atoms with E-state index in [1.165, 1.54) is 0 Å². The van der Waals surface area contributed by atoms with Crippen molar-refractivity contribution in [2.24, 2.45) is 13.0 Å². The lowest BCUT2D eigenvalue weighted by Gasteiger charge is -2.23. The van der Waals surface area contributed by atoms with Crippen LogP contribution in [0.15, 0.2) is 24.3 Å². The van der Waals surface area contributed by atoms with Gasteiger partial charge in [0.25, 0.3) is 5.91 Å². The molecule has 2 atom stereocenters. The second kappa shape index (κ2) is 8.90. The largest absolute Gasteiger partial charge is 0.481 e. The maximum absolute atomic E-state index is 12.8. The Morgan fingerprint density at radius 1 is 1.26 bits per heavy atom. The lowest BCUT2D eigenvalue weighted by atomic mass is 9.98. The molecule has 0 radical (unpaired) electrons. The van der Waals surface area contributed by atoms with Crippen molar-refractivity contribution in [1.29, 1.82) is 0 Å². The second-order valence-corrected chi connectivity index (χ2v) is 7.00. The van der Waals surface area contributed by atoms with Gasteiger partial charge >= 0.3 is 5.97 Å². The molecule has 0 spiro atoms. The highest BCUT2D eigenvalue weighted by Gasteiger charge is 2.27. The Hall–Kier alpha value is -2.54. The molecule has 0 saturated heterocycles. The summed E-state index contributed by atoms with van der Waals surface area (Å²) in [6.07, 6.45) is 0.513. The second-order valence-electron chi connectivity index (χ2n) is 6.56. The Balaban J connectivity index is 2.19. The number of nitrogens with one attached hydrogen (secondary N) is 2. The standard InChI is InChI=1S/C19H24ClN3O4/c1-4-11(2)17(19(27)21-8-7-16(24)25)22-18(26)15-10-12-9-13(20)5-6-14(12)23(15)3/h5-6,9-11,17H,4,7-8H2,1-3H3,(H,21,27)(H,22,26)(H,24,25)/t11-,17-/m0/s1. The molecule has 1 aromatic heterocycles. The molecule has 0 aliphatic heterocycles. The van der Waals surface area contributed by atoms with Crippen molar-refractivity contribution in [3.8, 4) is 0 Å². The van der Waals surface area contributed by atoms with Gasteiger partial charge in [-0.1, -0.05) is 31.9 Å². The summed E-state index contributed by atoms with van der Waals surface area (Å²) in [6, 6.07) is 6.34. The summed E-state index contributed by atoms with van der Waals surface area (Å²) in [6.45, 7) is 3.81. The van der Waals surface area contributed by atoms with Crippen molar-refractivity contribution in [3.05, 3.63) is 35.0 Å². The van der Waals surface area contributed by atoms with Gasteiger partial charge in [-0.15, -0.1) is 0 Å². The van der Waals surface area contributed by atoms with Gasteiger partial charge in [0, 0.05) is 29.5 Å². The number of benzene rings is 1. The lowest BCUT2D eigenvalue weighted by Crippen LogP contribution is -2.50. The van der Waals surface area contributed by atoms with Crippen molar-refractivity contribution < 1.29 is 19.5 Å². The molecule has 2 aromatic rings. The van der Waals surface area contributed by atoms with E-state index in [1.807, 2.05) is 19.9 Å².